The molecule has 2 saturated carbocycles. The first kappa shape index (κ1) is 11.0. The van der Waals surface area contributed by atoms with Crippen LogP contribution in [0, 0.1) is 17.8 Å². The molecule has 1 aromatic rings. The van der Waals surface area contributed by atoms with Gasteiger partial charge in [0.05, 0.1) is 0 Å². The molecule has 3 aliphatic rings. The van der Waals surface area contributed by atoms with E-state index >= 15 is 0 Å². The van der Waals surface area contributed by atoms with Crippen molar-refractivity contribution in [1.82, 2.24) is 5.32 Å². The quantitative estimate of drug-likeness (QED) is 0.838. The monoisotopic (exact) mass is 241 g/mol. The fourth-order valence-electron chi connectivity index (χ4n) is 4.22. The van der Waals surface area contributed by atoms with Crippen LogP contribution in [0.1, 0.15) is 37.3 Å². The number of hydrogen-bond acceptors (Lipinski definition) is 1. The molecule has 4 unspecified atom stereocenters. The predicted octanol–water partition coefficient (Wildman–Crippen LogP) is 3.18. The molecule has 96 valence electrons. The lowest BCUT2D eigenvalue weighted by atomic mass is 9.94. The zero-order valence-corrected chi connectivity index (χ0v) is 11.2. The van der Waals surface area contributed by atoms with Crippen LogP contribution >= 0.6 is 0 Å². The fourth-order valence-corrected chi connectivity index (χ4v) is 4.22. The van der Waals surface area contributed by atoms with Crippen molar-refractivity contribution < 1.29 is 0 Å². The lowest BCUT2D eigenvalue weighted by Crippen LogP contribution is -2.39. The van der Waals surface area contributed by atoms with Gasteiger partial charge in [0.25, 0.3) is 0 Å². The molecule has 18 heavy (non-hydrogen) atoms. The molecule has 1 nitrogen and oxygen atoms in total. The van der Waals surface area contributed by atoms with Crippen LogP contribution in [0.2, 0.25) is 0 Å². The van der Waals surface area contributed by atoms with Gasteiger partial charge in [-0.15, -0.1) is 0 Å². The molecule has 4 atom stereocenters. The van der Waals surface area contributed by atoms with Gasteiger partial charge in [0.1, 0.15) is 0 Å². The van der Waals surface area contributed by atoms with Gasteiger partial charge < -0.3 is 5.32 Å². The smallest absolute Gasteiger partial charge is 0.0133 e. The Morgan fingerprint density at radius 2 is 1.56 bits per heavy atom. The zero-order valence-electron chi connectivity index (χ0n) is 11.2. The van der Waals surface area contributed by atoms with Gasteiger partial charge in [0, 0.05) is 12.1 Å². The molecule has 0 aromatic heterocycles. The Kier molecular flexibility index (Phi) is 2.51. The minimum absolute atomic E-state index is 0.798. The number of rotatable bonds is 2. The summed E-state index contributed by atoms with van der Waals surface area (Å²) in [7, 11) is 0. The van der Waals surface area contributed by atoms with E-state index in [9.17, 15) is 0 Å². The second-order valence-corrected chi connectivity index (χ2v) is 6.79. The minimum atomic E-state index is 0.798. The third-order valence-corrected chi connectivity index (χ3v) is 5.52. The summed E-state index contributed by atoms with van der Waals surface area (Å²) in [6.45, 7) is 2.38. The van der Waals surface area contributed by atoms with Crippen LogP contribution in [-0.4, -0.2) is 12.1 Å². The van der Waals surface area contributed by atoms with E-state index < -0.39 is 0 Å². The number of benzene rings is 1. The Labute approximate surface area is 110 Å². The molecule has 2 bridgehead atoms. The highest BCUT2D eigenvalue weighted by Crippen LogP contribution is 2.42. The standard InChI is InChI=1S/C17H23N/c1-11-8-16(11)18-17-14-6-7-15(17)10-13-5-3-2-4-12(13)9-14/h2-5,11,14-18H,6-10H2,1H3. The number of fused-ring (bicyclic) bond motifs is 3. The molecule has 0 saturated heterocycles. The third-order valence-electron chi connectivity index (χ3n) is 5.52. The molecule has 0 heterocycles. The van der Waals surface area contributed by atoms with Crippen molar-refractivity contribution in [3.63, 3.8) is 0 Å². The van der Waals surface area contributed by atoms with Crippen molar-refractivity contribution >= 4 is 0 Å². The lowest BCUT2D eigenvalue weighted by molar-refractivity contribution is 0.335. The van der Waals surface area contributed by atoms with Gasteiger partial charge in [0.15, 0.2) is 0 Å². The second kappa shape index (κ2) is 4.09. The summed E-state index contributed by atoms with van der Waals surface area (Å²) in [6, 6.07) is 10.8. The maximum absolute atomic E-state index is 3.98. The van der Waals surface area contributed by atoms with Crippen LogP contribution in [0.15, 0.2) is 24.3 Å². The van der Waals surface area contributed by atoms with Crippen molar-refractivity contribution in [3.8, 4) is 0 Å². The Bertz CT molecular complexity index is 420. The molecule has 1 aromatic carbocycles. The van der Waals surface area contributed by atoms with E-state index in [1.165, 1.54) is 32.1 Å². The molecular formula is C17H23N. The van der Waals surface area contributed by atoms with Gasteiger partial charge in [-0.3, -0.25) is 0 Å². The first-order valence-electron chi connectivity index (χ1n) is 7.64. The van der Waals surface area contributed by atoms with Gasteiger partial charge in [-0.2, -0.15) is 0 Å². The van der Waals surface area contributed by atoms with Crippen LogP contribution in [0.25, 0.3) is 0 Å². The normalized spacial score (nSPS) is 41.3. The van der Waals surface area contributed by atoms with Crippen molar-refractivity contribution in [2.45, 2.75) is 51.1 Å². The second-order valence-electron chi connectivity index (χ2n) is 6.79. The molecule has 2 fully saturated rings. The van der Waals surface area contributed by atoms with Crippen molar-refractivity contribution in [2.75, 3.05) is 0 Å². The van der Waals surface area contributed by atoms with Crippen LogP contribution in [0.5, 0.6) is 0 Å². The van der Waals surface area contributed by atoms with Crippen LogP contribution in [-0.2, 0) is 12.8 Å². The molecule has 0 radical (unpaired) electrons. The average molecular weight is 241 g/mol. The van der Waals surface area contributed by atoms with E-state index in [1.54, 1.807) is 11.1 Å². The van der Waals surface area contributed by atoms with Gasteiger partial charge in [0.2, 0.25) is 0 Å². The SMILES string of the molecule is CC1CC1NC1C2CCC1Cc1ccccc1C2. The van der Waals surface area contributed by atoms with E-state index in [0.717, 1.165) is 29.8 Å². The van der Waals surface area contributed by atoms with Crippen molar-refractivity contribution in [3.05, 3.63) is 35.4 Å². The molecule has 0 aliphatic heterocycles. The summed E-state index contributed by atoms with van der Waals surface area (Å²) in [5.74, 6) is 2.72. The minimum Gasteiger partial charge on any atom is -0.310 e. The maximum Gasteiger partial charge on any atom is 0.0133 e. The molecule has 0 amide bonds. The van der Waals surface area contributed by atoms with Crippen molar-refractivity contribution in [2.24, 2.45) is 17.8 Å². The predicted molar refractivity (Wildman–Crippen MR) is 74.6 cm³/mol. The number of hydrogen-bond donors (Lipinski definition) is 1. The van der Waals surface area contributed by atoms with Gasteiger partial charge in [-0.1, -0.05) is 31.2 Å². The highest BCUT2D eigenvalue weighted by Gasteiger charge is 2.43. The third kappa shape index (κ3) is 1.80. The molecular weight excluding hydrogens is 218 g/mol. The summed E-state index contributed by atoms with van der Waals surface area (Å²) in [4.78, 5) is 0. The first-order valence-corrected chi connectivity index (χ1v) is 7.64. The van der Waals surface area contributed by atoms with E-state index in [-0.39, 0.29) is 0 Å². The van der Waals surface area contributed by atoms with Crippen LogP contribution in [0.4, 0.5) is 0 Å². The van der Waals surface area contributed by atoms with Gasteiger partial charge in [-0.05, 0) is 61.0 Å². The van der Waals surface area contributed by atoms with Crippen LogP contribution in [0.3, 0.4) is 0 Å². The Hall–Kier alpha value is -0.820. The van der Waals surface area contributed by atoms with Crippen molar-refractivity contribution in [1.29, 1.82) is 0 Å². The maximum atomic E-state index is 3.98. The summed E-state index contributed by atoms with van der Waals surface area (Å²) in [5.41, 5.74) is 3.25. The highest BCUT2D eigenvalue weighted by molar-refractivity contribution is 5.31. The topological polar surface area (TPSA) is 12.0 Å². The Balaban J connectivity index is 1.58. The zero-order chi connectivity index (χ0) is 12.1. The molecule has 1 N–H and O–H groups in total. The first-order chi connectivity index (χ1) is 8.81. The van der Waals surface area contributed by atoms with E-state index in [4.69, 9.17) is 0 Å². The molecule has 1 heteroatoms. The Morgan fingerprint density at radius 1 is 1.00 bits per heavy atom. The summed E-state index contributed by atoms with van der Waals surface area (Å²) < 4.78 is 0. The highest BCUT2D eigenvalue weighted by atomic mass is 15.0. The van der Waals surface area contributed by atoms with E-state index in [0.29, 0.717) is 0 Å². The van der Waals surface area contributed by atoms with E-state index in [1.807, 2.05) is 0 Å². The summed E-state index contributed by atoms with van der Waals surface area (Å²) in [5, 5.41) is 3.98. The molecule has 3 aliphatic carbocycles. The lowest BCUT2D eigenvalue weighted by Gasteiger charge is -2.24. The largest absolute Gasteiger partial charge is 0.310 e. The van der Waals surface area contributed by atoms with Crippen LogP contribution < -0.4 is 5.32 Å². The molecule has 0 spiro atoms. The van der Waals surface area contributed by atoms with Gasteiger partial charge >= 0.3 is 0 Å². The average Bonchev–Trinajstić information content (AvgIpc) is 2.96. The van der Waals surface area contributed by atoms with Gasteiger partial charge in [-0.25, -0.2) is 0 Å². The fraction of sp³-hybridized carbons (Fsp3) is 0.647. The molecule has 4 rings (SSSR count). The summed E-state index contributed by atoms with van der Waals surface area (Å²) >= 11 is 0. The summed E-state index contributed by atoms with van der Waals surface area (Å²) in [6.07, 6.45) is 6.91. The van der Waals surface area contributed by atoms with E-state index in [2.05, 4.69) is 36.5 Å². The Morgan fingerprint density at radius 3 is 2.06 bits per heavy atom. The number of nitrogens with one attached hydrogen (secondary N) is 1.